The molecule has 0 aromatic rings. The van der Waals surface area contributed by atoms with E-state index in [2.05, 4.69) is 43.4 Å². The number of carbonyl (C=O) groups is 1. The maximum atomic E-state index is 11.5. The first-order valence-corrected chi connectivity index (χ1v) is 6.07. The highest BCUT2D eigenvalue weighted by atomic mass is 16.1. The minimum atomic E-state index is 0.00488. The third kappa shape index (κ3) is 5.47. The number of nitrogens with one attached hydrogen (secondary N) is 2. The van der Waals surface area contributed by atoms with Crippen LogP contribution in [0.15, 0.2) is 0 Å². The Morgan fingerprint density at radius 2 is 2.12 bits per heavy atom. The van der Waals surface area contributed by atoms with E-state index in [0.717, 1.165) is 19.6 Å². The minimum absolute atomic E-state index is 0.00488. The fraction of sp³-hybridized carbons (Fsp3) is 0.917. The van der Waals surface area contributed by atoms with Crippen molar-refractivity contribution in [1.82, 2.24) is 15.5 Å². The summed E-state index contributed by atoms with van der Waals surface area (Å²) in [5.41, 5.74) is 0.00488. The summed E-state index contributed by atoms with van der Waals surface area (Å²) in [5, 5.41) is 6.17. The van der Waals surface area contributed by atoms with Crippen LogP contribution in [0.25, 0.3) is 0 Å². The first-order chi connectivity index (χ1) is 7.37. The van der Waals surface area contributed by atoms with Crippen molar-refractivity contribution in [2.75, 3.05) is 33.2 Å². The molecule has 1 aliphatic rings. The quantitative estimate of drug-likeness (QED) is 0.732. The summed E-state index contributed by atoms with van der Waals surface area (Å²) in [7, 11) is 2.13. The van der Waals surface area contributed by atoms with E-state index >= 15 is 0 Å². The second-order valence-corrected chi connectivity index (χ2v) is 5.82. The van der Waals surface area contributed by atoms with Crippen LogP contribution in [0.5, 0.6) is 0 Å². The third-order valence-corrected chi connectivity index (χ3v) is 2.86. The van der Waals surface area contributed by atoms with Gasteiger partial charge in [-0.05, 0) is 46.7 Å². The largest absolute Gasteiger partial charge is 0.355 e. The van der Waals surface area contributed by atoms with Gasteiger partial charge >= 0.3 is 0 Å². The number of rotatable bonds is 4. The highest BCUT2D eigenvalue weighted by Gasteiger charge is 2.20. The second kappa shape index (κ2) is 5.64. The number of carbonyl (C=O) groups excluding carboxylic acids is 1. The predicted molar refractivity (Wildman–Crippen MR) is 66.4 cm³/mol. The van der Waals surface area contributed by atoms with Crippen molar-refractivity contribution in [1.29, 1.82) is 0 Å². The Kier molecular flexibility index (Phi) is 4.74. The number of likely N-dealkylation sites (tertiary alicyclic amines) is 1. The topological polar surface area (TPSA) is 44.4 Å². The monoisotopic (exact) mass is 227 g/mol. The maximum Gasteiger partial charge on any atom is 0.233 e. The molecule has 1 aliphatic heterocycles. The van der Waals surface area contributed by atoms with E-state index in [9.17, 15) is 4.79 Å². The van der Waals surface area contributed by atoms with Gasteiger partial charge < -0.3 is 15.5 Å². The summed E-state index contributed by atoms with van der Waals surface area (Å²) < 4.78 is 0. The number of hydrogen-bond donors (Lipinski definition) is 2. The van der Waals surface area contributed by atoms with Crippen LogP contribution in [0, 0.1) is 5.92 Å². The van der Waals surface area contributed by atoms with Gasteiger partial charge in [-0.25, -0.2) is 0 Å². The van der Waals surface area contributed by atoms with Gasteiger partial charge in [0.2, 0.25) is 5.91 Å². The molecule has 1 atom stereocenters. The Morgan fingerprint density at radius 3 is 2.62 bits per heavy atom. The first-order valence-electron chi connectivity index (χ1n) is 6.07. The Hall–Kier alpha value is -0.610. The van der Waals surface area contributed by atoms with Crippen LogP contribution in [0.2, 0.25) is 0 Å². The Morgan fingerprint density at radius 1 is 1.44 bits per heavy atom. The van der Waals surface area contributed by atoms with Crippen molar-refractivity contribution in [2.24, 2.45) is 5.92 Å². The lowest BCUT2D eigenvalue weighted by Gasteiger charge is -2.20. The maximum absolute atomic E-state index is 11.5. The molecule has 94 valence electrons. The molecule has 16 heavy (non-hydrogen) atoms. The second-order valence-electron chi connectivity index (χ2n) is 5.82. The standard InChI is InChI=1S/C12H25N3O/c1-12(2,3)14-8-11(16)13-7-10-5-6-15(4)9-10/h10,14H,5-9H2,1-4H3,(H,13,16). The molecule has 0 saturated carbocycles. The molecular weight excluding hydrogens is 202 g/mol. The van der Waals surface area contributed by atoms with Crippen LogP contribution in [-0.2, 0) is 4.79 Å². The van der Waals surface area contributed by atoms with E-state index < -0.39 is 0 Å². The van der Waals surface area contributed by atoms with Crippen molar-refractivity contribution >= 4 is 5.91 Å². The highest BCUT2D eigenvalue weighted by Crippen LogP contribution is 2.12. The molecule has 0 aromatic carbocycles. The molecule has 1 saturated heterocycles. The van der Waals surface area contributed by atoms with Gasteiger partial charge in [0, 0.05) is 18.6 Å². The Bertz CT molecular complexity index is 235. The van der Waals surface area contributed by atoms with Gasteiger partial charge in [-0.1, -0.05) is 0 Å². The molecule has 0 spiro atoms. The molecule has 0 aromatic heterocycles. The van der Waals surface area contributed by atoms with Crippen LogP contribution < -0.4 is 10.6 Å². The summed E-state index contributed by atoms with van der Waals surface area (Å²) in [5.74, 6) is 0.730. The van der Waals surface area contributed by atoms with Gasteiger partial charge in [0.25, 0.3) is 0 Å². The van der Waals surface area contributed by atoms with E-state index in [1.807, 2.05) is 0 Å². The number of nitrogens with zero attached hydrogens (tertiary/aromatic N) is 1. The predicted octanol–water partition coefficient (Wildman–Crippen LogP) is 0.442. The molecule has 1 heterocycles. The molecule has 4 heteroatoms. The van der Waals surface area contributed by atoms with Gasteiger partial charge in [-0.2, -0.15) is 0 Å². The number of amides is 1. The number of hydrogen-bond acceptors (Lipinski definition) is 3. The van der Waals surface area contributed by atoms with Crippen LogP contribution in [0.4, 0.5) is 0 Å². The third-order valence-electron chi connectivity index (χ3n) is 2.86. The zero-order valence-electron chi connectivity index (χ0n) is 11.0. The minimum Gasteiger partial charge on any atom is -0.355 e. The summed E-state index contributed by atoms with van der Waals surface area (Å²) >= 11 is 0. The van der Waals surface area contributed by atoms with Crippen molar-refractivity contribution in [2.45, 2.75) is 32.7 Å². The lowest BCUT2D eigenvalue weighted by atomic mass is 10.1. The molecule has 1 unspecified atom stereocenters. The summed E-state index contributed by atoms with van der Waals surface area (Å²) in [6, 6.07) is 0. The van der Waals surface area contributed by atoms with Crippen LogP contribution in [0.1, 0.15) is 27.2 Å². The van der Waals surface area contributed by atoms with Crippen molar-refractivity contribution in [3.8, 4) is 0 Å². The van der Waals surface area contributed by atoms with Gasteiger partial charge in [0.15, 0.2) is 0 Å². The van der Waals surface area contributed by atoms with E-state index in [1.165, 1.54) is 6.42 Å². The zero-order valence-corrected chi connectivity index (χ0v) is 11.0. The molecular formula is C12H25N3O. The molecule has 1 fully saturated rings. The van der Waals surface area contributed by atoms with Crippen LogP contribution in [-0.4, -0.2) is 49.6 Å². The molecule has 0 radical (unpaired) electrons. The van der Waals surface area contributed by atoms with Crippen molar-refractivity contribution < 1.29 is 4.79 Å². The summed E-state index contributed by atoms with van der Waals surface area (Å²) in [6.07, 6.45) is 1.20. The van der Waals surface area contributed by atoms with Crippen molar-refractivity contribution in [3.05, 3.63) is 0 Å². The van der Waals surface area contributed by atoms with Crippen molar-refractivity contribution in [3.63, 3.8) is 0 Å². The Labute approximate surface area is 98.8 Å². The van der Waals surface area contributed by atoms with E-state index in [0.29, 0.717) is 12.5 Å². The van der Waals surface area contributed by atoms with Crippen LogP contribution in [0.3, 0.4) is 0 Å². The van der Waals surface area contributed by atoms with Gasteiger partial charge in [0.05, 0.1) is 6.54 Å². The zero-order chi connectivity index (χ0) is 12.2. The first kappa shape index (κ1) is 13.5. The summed E-state index contributed by atoms with van der Waals surface area (Å²) in [6.45, 7) is 9.67. The smallest absolute Gasteiger partial charge is 0.233 e. The fourth-order valence-electron chi connectivity index (χ4n) is 1.86. The average molecular weight is 227 g/mol. The van der Waals surface area contributed by atoms with Gasteiger partial charge in [-0.15, -0.1) is 0 Å². The lowest BCUT2D eigenvalue weighted by Crippen LogP contribution is -2.44. The average Bonchev–Trinajstić information content (AvgIpc) is 2.57. The molecule has 4 nitrogen and oxygen atoms in total. The van der Waals surface area contributed by atoms with Crippen LogP contribution >= 0.6 is 0 Å². The molecule has 1 rings (SSSR count). The van der Waals surface area contributed by atoms with Gasteiger partial charge in [-0.3, -0.25) is 4.79 Å². The molecule has 0 bridgehead atoms. The molecule has 0 aliphatic carbocycles. The van der Waals surface area contributed by atoms with Gasteiger partial charge in [0.1, 0.15) is 0 Å². The fourth-order valence-corrected chi connectivity index (χ4v) is 1.86. The normalized spacial score (nSPS) is 22.4. The highest BCUT2D eigenvalue weighted by molar-refractivity contribution is 5.78. The molecule has 1 amide bonds. The van der Waals surface area contributed by atoms with E-state index in [4.69, 9.17) is 0 Å². The SMILES string of the molecule is CN1CCC(CNC(=O)CNC(C)(C)C)C1. The van der Waals surface area contributed by atoms with E-state index in [1.54, 1.807) is 0 Å². The molecule has 2 N–H and O–H groups in total. The lowest BCUT2D eigenvalue weighted by molar-refractivity contribution is -0.120. The Balaban J connectivity index is 2.11. The van der Waals surface area contributed by atoms with E-state index in [-0.39, 0.29) is 11.4 Å². The summed E-state index contributed by atoms with van der Waals surface area (Å²) in [4.78, 5) is 13.9.